The Kier molecular flexibility index (Phi) is 5.48. The van der Waals surface area contributed by atoms with Crippen molar-refractivity contribution in [2.75, 3.05) is 13.7 Å². The number of ether oxygens (including phenoxy) is 2. The van der Waals surface area contributed by atoms with Crippen LogP contribution in [0.2, 0.25) is 0 Å². The van der Waals surface area contributed by atoms with Crippen LogP contribution in [0.4, 0.5) is 5.69 Å². The van der Waals surface area contributed by atoms with Gasteiger partial charge in [0.15, 0.2) is 16.7 Å². The van der Waals surface area contributed by atoms with Crippen molar-refractivity contribution in [2.24, 2.45) is 4.99 Å². The third-order valence-corrected chi connectivity index (χ3v) is 4.45. The van der Waals surface area contributed by atoms with Crippen molar-refractivity contribution in [1.29, 1.82) is 0 Å². The van der Waals surface area contributed by atoms with E-state index >= 15 is 0 Å². The van der Waals surface area contributed by atoms with Crippen LogP contribution in [-0.2, 0) is 4.79 Å². The van der Waals surface area contributed by atoms with Gasteiger partial charge in [-0.25, -0.2) is 4.99 Å². The average molecular weight is 370 g/mol. The minimum Gasteiger partial charge on any atom is -0.504 e. The summed E-state index contributed by atoms with van der Waals surface area (Å²) in [5.74, 6) is 0.986. The van der Waals surface area contributed by atoms with Gasteiger partial charge < -0.3 is 19.9 Å². The summed E-state index contributed by atoms with van der Waals surface area (Å²) in [4.78, 5) is 17.1. The minimum atomic E-state index is -0.215. The zero-order chi connectivity index (χ0) is 18.5. The number of amides is 1. The number of aromatic hydroxyl groups is 1. The van der Waals surface area contributed by atoms with Crippen LogP contribution in [-0.4, -0.2) is 29.9 Å². The molecule has 2 aromatic rings. The Balaban J connectivity index is 1.79. The highest BCUT2D eigenvalue weighted by atomic mass is 32.2. The fourth-order valence-corrected chi connectivity index (χ4v) is 3.14. The number of benzene rings is 2. The lowest BCUT2D eigenvalue weighted by Gasteiger charge is -2.06. The van der Waals surface area contributed by atoms with E-state index in [1.165, 1.54) is 11.8 Å². The first-order chi connectivity index (χ1) is 12.6. The summed E-state index contributed by atoms with van der Waals surface area (Å²) in [7, 11) is 1.60. The van der Waals surface area contributed by atoms with E-state index in [1.54, 1.807) is 31.4 Å². The second kappa shape index (κ2) is 7.97. The number of phenolic OH excluding ortho intramolecular Hbond substituents is 1. The molecule has 1 heterocycles. The maximum Gasteiger partial charge on any atom is 0.264 e. The number of nitrogens with zero attached hydrogens (tertiary/aromatic N) is 1. The third kappa shape index (κ3) is 4.18. The van der Waals surface area contributed by atoms with E-state index in [4.69, 9.17) is 9.47 Å². The SMILES string of the molecule is CCOc1cc(/C=C2\SC(=Nc3ccc(OC)cc3)NC2=O)ccc1O. The number of thioether (sulfide) groups is 1. The Morgan fingerprint density at radius 2 is 2.00 bits per heavy atom. The molecular weight excluding hydrogens is 352 g/mol. The fourth-order valence-electron chi connectivity index (χ4n) is 2.30. The highest BCUT2D eigenvalue weighted by molar-refractivity contribution is 8.18. The molecule has 0 unspecified atom stereocenters. The number of nitrogens with one attached hydrogen (secondary N) is 1. The Labute approximate surface area is 155 Å². The molecule has 0 spiro atoms. The lowest BCUT2D eigenvalue weighted by atomic mass is 10.2. The van der Waals surface area contributed by atoms with E-state index in [0.29, 0.717) is 22.4 Å². The Morgan fingerprint density at radius 1 is 1.23 bits per heavy atom. The van der Waals surface area contributed by atoms with Gasteiger partial charge in [-0.05, 0) is 66.7 Å². The molecule has 3 rings (SSSR count). The summed E-state index contributed by atoms with van der Waals surface area (Å²) >= 11 is 1.26. The molecule has 0 saturated carbocycles. The Hall–Kier alpha value is -2.93. The number of phenols is 1. The monoisotopic (exact) mass is 370 g/mol. The predicted molar refractivity (Wildman–Crippen MR) is 103 cm³/mol. The van der Waals surface area contributed by atoms with Crippen LogP contribution < -0.4 is 14.8 Å². The molecule has 26 heavy (non-hydrogen) atoms. The van der Waals surface area contributed by atoms with Gasteiger partial charge in [-0.3, -0.25) is 4.79 Å². The molecule has 1 aliphatic heterocycles. The largest absolute Gasteiger partial charge is 0.504 e. The van der Waals surface area contributed by atoms with Gasteiger partial charge in [-0.1, -0.05) is 6.07 Å². The number of carbonyl (C=O) groups excluding carboxylic acids is 1. The van der Waals surface area contributed by atoms with Crippen molar-refractivity contribution in [3.05, 3.63) is 52.9 Å². The fraction of sp³-hybridized carbons (Fsp3) is 0.158. The topological polar surface area (TPSA) is 80.2 Å². The lowest BCUT2D eigenvalue weighted by Crippen LogP contribution is -2.19. The number of methoxy groups -OCH3 is 1. The van der Waals surface area contributed by atoms with Gasteiger partial charge in [-0.15, -0.1) is 0 Å². The number of aliphatic imine (C=N–C) groups is 1. The molecule has 0 aliphatic carbocycles. The van der Waals surface area contributed by atoms with Crippen molar-refractivity contribution >= 4 is 34.6 Å². The first kappa shape index (κ1) is 17.9. The summed E-state index contributed by atoms with van der Waals surface area (Å²) in [6, 6.07) is 12.2. The summed E-state index contributed by atoms with van der Waals surface area (Å²) in [6.07, 6.45) is 1.73. The number of amidine groups is 1. The molecule has 1 aliphatic rings. The molecule has 0 bridgehead atoms. The maximum absolute atomic E-state index is 12.2. The van der Waals surface area contributed by atoms with E-state index in [2.05, 4.69) is 10.3 Å². The molecule has 1 fully saturated rings. The number of rotatable bonds is 5. The van der Waals surface area contributed by atoms with Crippen LogP contribution in [0.25, 0.3) is 6.08 Å². The molecule has 0 atom stereocenters. The van der Waals surface area contributed by atoms with E-state index in [1.807, 2.05) is 31.2 Å². The summed E-state index contributed by atoms with van der Waals surface area (Å²) in [6.45, 7) is 2.29. The van der Waals surface area contributed by atoms with Gasteiger partial charge in [0.1, 0.15) is 5.75 Å². The minimum absolute atomic E-state index is 0.0688. The Bertz CT molecular complexity index is 876. The van der Waals surface area contributed by atoms with E-state index in [9.17, 15) is 9.90 Å². The van der Waals surface area contributed by atoms with Gasteiger partial charge in [0.2, 0.25) is 0 Å². The first-order valence-electron chi connectivity index (χ1n) is 7.98. The highest BCUT2D eigenvalue weighted by Crippen LogP contribution is 2.31. The van der Waals surface area contributed by atoms with E-state index in [0.717, 1.165) is 17.0 Å². The molecule has 1 saturated heterocycles. The highest BCUT2D eigenvalue weighted by Gasteiger charge is 2.23. The molecule has 0 aromatic heterocycles. The third-order valence-electron chi connectivity index (χ3n) is 3.54. The maximum atomic E-state index is 12.2. The number of hydrogen-bond acceptors (Lipinski definition) is 6. The van der Waals surface area contributed by atoms with Crippen molar-refractivity contribution in [3.63, 3.8) is 0 Å². The van der Waals surface area contributed by atoms with Crippen LogP contribution in [0.3, 0.4) is 0 Å². The molecule has 6 nitrogen and oxygen atoms in total. The molecule has 2 aromatic carbocycles. The van der Waals surface area contributed by atoms with Crippen LogP contribution in [0.1, 0.15) is 12.5 Å². The van der Waals surface area contributed by atoms with Gasteiger partial charge in [0.05, 0.1) is 24.3 Å². The van der Waals surface area contributed by atoms with Crippen molar-refractivity contribution < 1.29 is 19.4 Å². The van der Waals surface area contributed by atoms with Crippen LogP contribution in [0.15, 0.2) is 52.4 Å². The molecule has 2 N–H and O–H groups in total. The quantitative estimate of drug-likeness (QED) is 0.785. The smallest absolute Gasteiger partial charge is 0.264 e. The predicted octanol–water partition coefficient (Wildman–Crippen LogP) is 3.69. The van der Waals surface area contributed by atoms with Crippen molar-refractivity contribution in [3.8, 4) is 17.2 Å². The summed E-state index contributed by atoms with van der Waals surface area (Å²) < 4.78 is 10.5. The molecule has 0 radical (unpaired) electrons. The molecule has 1 amide bonds. The summed E-state index contributed by atoms with van der Waals surface area (Å²) in [5.41, 5.74) is 1.48. The van der Waals surface area contributed by atoms with Crippen molar-refractivity contribution in [1.82, 2.24) is 5.32 Å². The molecule has 7 heteroatoms. The second-order valence-electron chi connectivity index (χ2n) is 5.34. The first-order valence-corrected chi connectivity index (χ1v) is 8.80. The Morgan fingerprint density at radius 3 is 2.69 bits per heavy atom. The zero-order valence-electron chi connectivity index (χ0n) is 14.4. The average Bonchev–Trinajstić information content (AvgIpc) is 2.98. The van der Waals surface area contributed by atoms with Crippen molar-refractivity contribution in [2.45, 2.75) is 6.92 Å². The van der Waals surface area contributed by atoms with E-state index < -0.39 is 0 Å². The second-order valence-corrected chi connectivity index (χ2v) is 6.37. The molecule has 134 valence electrons. The normalized spacial score (nSPS) is 16.8. The molecular formula is C19H18N2O4S. The zero-order valence-corrected chi connectivity index (χ0v) is 15.2. The summed E-state index contributed by atoms with van der Waals surface area (Å²) in [5, 5.41) is 13.0. The standard InChI is InChI=1S/C19H18N2O4S/c1-3-25-16-10-12(4-9-15(16)22)11-17-18(23)21-19(26-17)20-13-5-7-14(24-2)8-6-13/h4-11,22H,3H2,1-2H3,(H,20,21,23)/b17-11-. The van der Waals surface area contributed by atoms with E-state index in [-0.39, 0.29) is 11.7 Å². The number of carbonyl (C=O) groups is 1. The van der Waals surface area contributed by atoms with Gasteiger partial charge in [0.25, 0.3) is 5.91 Å². The van der Waals surface area contributed by atoms with Crippen LogP contribution >= 0.6 is 11.8 Å². The number of hydrogen-bond donors (Lipinski definition) is 2. The van der Waals surface area contributed by atoms with Gasteiger partial charge >= 0.3 is 0 Å². The van der Waals surface area contributed by atoms with Gasteiger partial charge in [0, 0.05) is 0 Å². The van der Waals surface area contributed by atoms with Crippen LogP contribution in [0.5, 0.6) is 17.2 Å². The van der Waals surface area contributed by atoms with Crippen LogP contribution in [0, 0.1) is 0 Å². The lowest BCUT2D eigenvalue weighted by molar-refractivity contribution is -0.115. The van der Waals surface area contributed by atoms with Gasteiger partial charge in [-0.2, -0.15) is 0 Å².